The molecule has 0 aliphatic carbocycles. The molecule has 0 fully saturated rings. The summed E-state index contributed by atoms with van der Waals surface area (Å²) in [5.74, 6) is 2.55. The third-order valence-electron chi connectivity index (χ3n) is 3.33. The third-order valence-corrected chi connectivity index (χ3v) is 4.52. The van der Waals surface area contributed by atoms with E-state index in [1.807, 2.05) is 30.3 Å². The monoisotopic (exact) mass is 305 g/mol. The Hall–Kier alpha value is -1.23. The van der Waals surface area contributed by atoms with Gasteiger partial charge in [-0.2, -0.15) is 11.8 Å². The van der Waals surface area contributed by atoms with Crippen molar-refractivity contribution >= 4 is 11.8 Å². The minimum absolute atomic E-state index is 0.0698. The number of aliphatic hydroxyl groups excluding tert-OH is 1. The van der Waals surface area contributed by atoms with Crippen LogP contribution in [0.5, 0.6) is 0 Å². The second-order valence-corrected chi connectivity index (χ2v) is 6.46. The quantitative estimate of drug-likeness (QED) is 0.784. The molecule has 1 unspecified atom stereocenters. The summed E-state index contributed by atoms with van der Waals surface area (Å²) in [6.45, 7) is 4.27. The van der Waals surface area contributed by atoms with Crippen LogP contribution in [0, 0.1) is 0 Å². The molecule has 0 radical (unpaired) electrons. The Kier molecular flexibility index (Phi) is 5.91. The van der Waals surface area contributed by atoms with E-state index in [1.165, 1.54) is 0 Å². The average molecular weight is 305 g/mol. The predicted octanol–water partition coefficient (Wildman–Crippen LogP) is 3.40. The average Bonchev–Trinajstić information content (AvgIpc) is 3.00. The molecule has 1 aromatic carbocycles. The fraction of sp³-hybridized carbons (Fsp3) is 0.412. The highest BCUT2D eigenvalue weighted by atomic mass is 32.2. The van der Waals surface area contributed by atoms with Crippen molar-refractivity contribution in [1.82, 2.24) is 5.32 Å². The van der Waals surface area contributed by atoms with Crippen LogP contribution in [0.2, 0.25) is 0 Å². The van der Waals surface area contributed by atoms with Crippen LogP contribution >= 0.6 is 11.8 Å². The van der Waals surface area contributed by atoms with Crippen LogP contribution in [0.25, 0.3) is 0 Å². The van der Waals surface area contributed by atoms with E-state index in [2.05, 4.69) is 31.3 Å². The summed E-state index contributed by atoms with van der Waals surface area (Å²) in [7, 11) is 0. The first-order valence-corrected chi connectivity index (χ1v) is 8.36. The lowest BCUT2D eigenvalue weighted by atomic mass is 9.92. The maximum atomic E-state index is 10.0. The van der Waals surface area contributed by atoms with Crippen LogP contribution in [0.4, 0.5) is 0 Å². The van der Waals surface area contributed by atoms with Gasteiger partial charge in [-0.05, 0) is 31.5 Å². The number of nitrogens with one attached hydrogen (secondary N) is 1. The summed E-state index contributed by atoms with van der Waals surface area (Å²) in [5, 5.41) is 13.6. The lowest BCUT2D eigenvalue weighted by Gasteiger charge is -2.35. The summed E-state index contributed by atoms with van der Waals surface area (Å²) in [5.41, 5.74) is 0.695. The number of benzene rings is 1. The molecule has 2 N–H and O–H groups in total. The summed E-state index contributed by atoms with van der Waals surface area (Å²) in [6.07, 6.45) is 1.69. The van der Waals surface area contributed by atoms with Crippen molar-refractivity contribution in [3.05, 3.63) is 60.1 Å². The van der Waals surface area contributed by atoms with Gasteiger partial charge in [-0.15, -0.1) is 0 Å². The molecular formula is C17H23NO2S. The number of rotatable bonds is 8. The fourth-order valence-electron chi connectivity index (χ4n) is 2.42. The molecule has 1 aromatic heterocycles. The van der Waals surface area contributed by atoms with Gasteiger partial charge in [0.25, 0.3) is 0 Å². The van der Waals surface area contributed by atoms with Crippen molar-refractivity contribution in [2.45, 2.75) is 31.2 Å². The van der Waals surface area contributed by atoms with E-state index in [-0.39, 0.29) is 6.61 Å². The molecular weight excluding hydrogens is 282 g/mol. The van der Waals surface area contributed by atoms with Crippen molar-refractivity contribution in [3.8, 4) is 0 Å². The van der Waals surface area contributed by atoms with Crippen molar-refractivity contribution < 1.29 is 9.52 Å². The Labute approximate surface area is 130 Å². The molecule has 0 amide bonds. The topological polar surface area (TPSA) is 45.4 Å². The standard InChI is InChI=1S/C17H23NO2S/c1-14(2)18-17(12-19,15-7-4-3-5-8-15)13-21-11-16-9-6-10-20-16/h3-10,14,18-19H,11-13H2,1-2H3. The zero-order valence-corrected chi connectivity index (χ0v) is 13.4. The highest BCUT2D eigenvalue weighted by Crippen LogP contribution is 2.28. The van der Waals surface area contributed by atoms with E-state index in [4.69, 9.17) is 4.42 Å². The van der Waals surface area contributed by atoms with Crippen LogP contribution in [0.1, 0.15) is 25.2 Å². The summed E-state index contributed by atoms with van der Waals surface area (Å²) < 4.78 is 5.36. The molecule has 4 heteroatoms. The van der Waals surface area contributed by atoms with Gasteiger partial charge in [-0.1, -0.05) is 30.3 Å². The number of furan rings is 1. The molecule has 0 saturated carbocycles. The van der Waals surface area contributed by atoms with Gasteiger partial charge >= 0.3 is 0 Å². The van der Waals surface area contributed by atoms with Crippen molar-refractivity contribution in [1.29, 1.82) is 0 Å². The first-order chi connectivity index (χ1) is 10.2. The maximum Gasteiger partial charge on any atom is 0.113 e. The molecule has 2 aromatic rings. The molecule has 21 heavy (non-hydrogen) atoms. The summed E-state index contributed by atoms with van der Waals surface area (Å²) >= 11 is 1.76. The zero-order chi connectivity index (χ0) is 15.1. The molecule has 1 atom stereocenters. The van der Waals surface area contributed by atoms with Crippen molar-refractivity contribution in [2.75, 3.05) is 12.4 Å². The molecule has 3 nitrogen and oxygen atoms in total. The number of thioether (sulfide) groups is 1. The molecule has 2 rings (SSSR count). The molecule has 0 aliphatic rings. The fourth-order valence-corrected chi connectivity index (χ4v) is 3.58. The van der Waals surface area contributed by atoms with E-state index >= 15 is 0 Å². The van der Waals surface area contributed by atoms with Crippen LogP contribution in [-0.4, -0.2) is 23.5 Å². The van der Waals surface area contributed by atoms with Gasteiger partial charge in [-0.25, -0.2) is 0 Å². The van der Waals surface area contributed by atoms with E-state index in [0.29, 0.717) is 6.04 Å². The predicted molar refractivity (Wildman–Crippen MR) is 88.3 cm³/mol. The van der Waals surface area contributed by atoms with Crippen molar-refractivity contribution in [2.24, 2.45) is 0 Å². The normalized spacial score (nSPS) is 14.3. The first kappa shape index (κ1) is 16.1. The van der Waals surface area contributed by atoms with Crippen LogP contribution in [-0.2, 0) is 11.3 Å². The van der Waals surface area contributed by atoms with Gasteiger partial charge in [0.05, 0.1) is 24.2 Å². The van der Waals surface area contributed by atoms with E-state index in [0.717, 1.165) is 22.8 Å². The number of hydrogen-bond acceptors (Lipinski definition) is 4. The van der Waals surface area contributed by atoms with Crippen LogP contribution in [0.15, 0.2) is 53.1 Å². The smallest absolute Gasteiger partial charge is 0.113 e. The second kappa shape index (κ2) is 7.69. The second-order valence-electron chi connectivity index (χ2n) is 5.48. The Balaban J connectivity index is 2.11. The van der Waals surface area contributed by atoms with Crippen LogP contribution in [0.3, 0.4) is 0 Å². The maximum absolute atomic E-state index is 10.0. The zero-order valence-electron chi connectivity index (χ0n) is 12.6. The summed E-state index contributed by atoms with van der Waals surface area (Å²) in [6, 6.07) is 14.3. The molecule has 0 aliphatic heterocycles. The Morgan fingerprint density at radius 1 is 1.19 bits per heavy atom. The van der Waals surface area contributed by atoms with Gasteiger partial charge in [0, 0.05) is 11.8 Å². The highest BCUT2D eigenvalue weighted by Gasteiger charge is 2.31. The first-order valence-electron chi connectivity index (χ1n) is 7.20. The SMILES string of the molecule is CC(C)NC(CO)(CSCc1ccco1)c1ccccc1. The summed E-state index contributed by atoms with van der Waals surface area (Å²) in [4.78, 5) is 0. The third kappa shape index (κ3) is 4.37. The van der Waals surface area contributed by atoms with Gasteiger partial charge in [0.1, 0.15) is 5.76 Å². The molecule has 0 saturated heterocycles. The van der Waals surface area contributed by atoms with Crippen LogP contribution < -0.4 is 5.32 Å². The van der Waals surface area contributed by atoms with Gasteiger partial charge < -0.3 is 14.8 Å². The minimum atomic E-state index is -0.424. The lowest BCUT2D eigenvalue weighted by Crippen LogP contribution is -2.51. The lowest BCUT2D eigenvalue weighted by molar-refractivity contribution is 0.169. The molecule has 114 valence electrons. The Bertz CT molecular complexity index is 513. The van der Waals surface area contributed by atoms with Gasteiger partial charge in [-0.3, -0.25) is 0 Å². The molecule has 1 heterocycles. The van der Waals surface area contributed by atoms with E-state index in [9.17, 15) is 5.11 Å². The minimum Gasteiger partial charge on any atom is -0.468 e. The number of aliphatic hydroxyl groups is 1. The number of hydrogen-bond donors (Lipinski definition) is 2. The Morgan fingerprint density at radius 2 is 1.95 bits per heavy atom. The van der Waals surface area contributed by atoms with Gasteiger partial charge in [0.2, 0.25) is 0 Å². The molecule has 0 bridgehead atoms. The highest BCUT2D eigenvalue weighted by molar-refractivity contribution is 7.98. The largest absolute Gasteiger partial charge is 0.468 e. The molecule has 0 spiro atoms. The van der Waals surface area contributed by atoms with E-state index < -0.39 is 5.54 Å². The Morgan fingerprint density at radius 3 is 2.52 bits per heavy atom. The van der Waals surface area contributed by atoms with Gasteiger partial charge in [0.15, 0.2) is 0 Å². The van der Waals surface area contributed by atoms with E-state index in [1.54, 1.807) is 18.0 Å². The van der Waals surface area contributed by atoms with Crippen molar-refractivity contribution in [3.63, 3.8) is 0 Å².